The molecule has 3 N–H and O–H groups in total. The van der Waals surface area contributed by atoms with Crippen molar-refractivity contribution in [1.82, 2.24) is 39.2 Å². The molecule has 0 bridgehead atoms. The molecule has 0 radical (unpaired) electrons. The van der Waals surface area contributed by atoms with E-state index in [2.05, 4.69) is 83.6 Å². The summed E-state index contributed by atoms with van der Waals surface area (Å²) in [4.78, 5) is 60.4. The van der Waals surface area contributed by atoms with Crippen LogP contribution in [0.1, 0.15) is 76.2 Å². The lowest BCUT2D eigenvalue weighted by molar-refractivity contribution is -0.135. The van der Waals surface area contributed by atoms with Gasteiger partial charge in [-0.15, -0.1) is 0 Å². The van der Waals surface area contributed by atoms with Crippen LogP contribution >= 0.6 is 23.1 Å². The van der Waals surface area contributed by atoms with Gasteiger partial charge in [0.25, 0.3) is 0 Å². The third kappa shape index (κ3) is 10.1. The topological polar surface area (TPSA) is 172 Å². The molecule has 3 aromatic heterocycles. The summed E-state index contributed by atoms with van der Waals surface area (Å²) < 4.78 is 24.1. The number of ether oxygens (including phenoxy) is 1. The number of pyridine rings is 1. The van der Waals surface area contributed by atoms with Crippen molar-refractivity contribution in [1.29, 1.82) is 0 Å². The number of hydrogen-bond donors (Lipinski definition) is 3. The Labute approximate surface area is 418 Å². The number of anilines is 5. The number of imidazole rings is 1. The third-order valence-corrected chi connectivity index (χ3v) is 16.4. The molecular formula is C52H65BrN11O5P. The average molecular weight is 1040 g/mol. The molecule has 6 heterocycles. The molecule has 0 spiro atoms. The van der Waals surface area contributed by atoms with Gasteiger partial charge in [-0.2, -0.15) is 4.98 Å². The minimum atomic E-state index is -2.75. The number of aromatic nitrogens is 5. The molecule has 3 aromatic carbocycles. The molecular weight excluding hydrogens is 970 g/mol. The number of nitrogens with one attached hydrogen (secondary N) is 3. The zero-order valence-electron chi connectivity index (χ0n) is 41.2. The molecule has 3 fully saturated rings. The Morgan fingerprint density at radius 1 is 0.857 bits per heavy atom. The monoisotopic (exact) mass is 1030 g/mol. The van der Waals surface area contributed by atoms with Gasteiger partial charge < -0.3 is 29.7 Å². The number of amides is 2. The van der Waals surface area contributed by atoms with Crippen LogP contribution in [-0.4, -0.2) is 117 Å². The summed E-state index contributed by atoms with van der Waals surface area (Å²) in [5, 5.41) is 11.0. The lowest BCUT2D eigenvalue weighted by atomic mass is 9.99. The summed E-state index contributed by atoms with van der Waals surface area (Å²) in [7, 11) is -2.75. The van der Waals surface area contributed by atoms with Gasteiger partial charge in [0.15, 0.2) is 0 Å². The van der Waals surface area contributed by atoms with Gasteiger partial charge in [0.1, 0.15) is 24.8 Å². The number of piperazine rings is 1. The van der Waals surface area contributed by atoms with Crippen molar-refractivity contribution in [3.8, 4) is 5.75 Å². The Hall–Kier alpha value is -5.61. The van der Waals surface area contributed by atoms with Crippen molar-refractivity contribution in [2.24, 2.45) is 0 Å². The van der Waals surface area contributed by atoms with E-state index in [9.17, 15) is 18.9 Å². The predicted octanol–water partition coefficient (Wildman–Crippen LogP) is 7.99. The smallest absolute Gasteiger partial charge is 0.329 e. The number of fused-ring (bicyclic) bond motifs is 2. The summed E-state index contributed by atoms with van der Waals surface area (Å²) in [5.41, 5.74) is 8.27. The quantitative estimate of drug-likeness (QED) is 0.0630. The van der Waals surface area contributed by atoms with E-state index in [-0.39, 0.29) is 18.0 Å². The van der Waals surface area contributed by atoms with Gasteiger partial charge in [-0.25, -0.2) is 9.78 Å². The zero-order valence-corrected chi connectivity index (χ0v) is 43.7. The first kappa shape index (κ1) is 49.4. The SMILES string of the molecule is CCOc1cc(N2CCC(N3CCN(CCc4cccc5c4n(CC)c(=O)n5C4CCC(=O)NC4=O)CC3)CC2)c(CC)cc1Nc1ncc(Br)c(Nc2ccc3nc(CC)ccc3c2P(C)(C)=O)n1. The molecule has 6 aromatic rings. The molecule has 2 amide bonds. The van der Waals surface area contributed by atoms with Crippen LogP contribution in [-0.2, 0) is 40.0 Å². The van der Waals surface area contributed by atoms with Crippen LogP contribution in [0.5, 0.6) is 5.75 Å². The third-order valence-electron chi connectivity index (χ3n) is 14.2. The second-order valence-corrected chi connectivity index (χ2v) is 22.9. The van der Waals surface area contributed by atoms with Crippen LogP contribution in [0.25, 0.3) is 21.9 Å². The van der Waals surface area contributed by atoms with Crippen molar-refractivity contribution < 1.29 is 18.9 Å². The van der Waals surface area contributed by atoms with Gasteiger partial charge in [0, 0.05) is 99.2 Å². The molecule has 1 unspecified atom stereocenters. The first-order valence-corrected chi connectivity index (χ1v) is 28.3. The molecule has 0 aliphatic carbocycles. The zero-order chi connectivity index (χ0) is 49.3. The highest BCUT2D eigenvalue weighted by Crippen LogP contribution is 2.42. The molecule has 3 saturated heterocycles. The lowest BCUT2D eigenvalue weighted by Crippen LogP contribution is -2.53. The van der Waals surface area contributed by atoms with Crippen molar-refractivity contribution in [3.05, 3.63) is 92.6 Å². The van der Waals surface area contributed by atoms with E-state index >= 15 is 0 Å². The molecule has 3 aliphatic rings. The van der Waals surface area contributed by atoms with Gasteiger partial charge in [-0.3, -0.25) is 33.9 Å². The van der Waals surface area contributed by atoms with Gasteiger partial charge in [-0.05, 0) is 123 Å². The summed E-state index contributed by atoms with van der Waals surface area (Å²) in [6.45, 7) is 19.6. The first-order valence-electron chi connectivity index (χ1n) is 24.9. The summed E-state index contributed by atoms with van der Waals surface area (Å²) in [6.07, 6.45) is 6.89. The maximum absolute atomic E-state index is 13.8. The van der Waals surface area contributed by atoms with Crippen molar-refractivity contribution in [2.75, 3.05) is 81.3 Å². The maximum atomic E-state index is 13.8. The van der Waals surface area contributed by atoms with Crippen molar-refractivity contribution in [3.63, 3.8) is 0 Å². The van der Waals surface area contributed by atoms with Gasteiger partial charge >= 0.3 is 5.69 Å². The Kier molecular flexibility index (Phi) is 14.8. The number of rotatable bonds is 16. The summed E-state index contributed by atoms with van der Waals surface area (Å²) >= 11 is 3.65. The fourth-order valence-electron chi connectivity index (χ4n) is 10.7. The Balaban J connectivity index is 0.833. The highest BCUT2D eigenvalue weighted by atomic mass is 79.9. The molecule has 370 valence electrons. The normalized spacial score (nSPS) is 17.6. The van der Waals surface area contributed by atoms with E-state index in [4.69, 9.17) is 14.7 Å². The number of hydrogen-bond acceptors (Lipinski definition) is 13. The number of piperidine rings is 2. The van der Waals surface area contributed by atoms with Gasteiger partial charge in [-0.1, -0.05) is 32.0 Å². The van der Waals surface area contributed by atoms with E-state index in [1.165, 1.54) is 11.3 Å². The van der Waals surface area contributed by atoms with Crippen LogP contribution in [0.3, 0.4) is 0 Å². The minimum Gasteiger partial charge on any atom is -0.492 e. The maximum Gasteiger partial charge on any atom is 0.329 e. The molecule has 18 heteroatoms. The minimum absolute atomic E-state index is 0.201. The van der Waals surface area contributed by atoms with Crippen molar-refractivity contribution >= 4 is 91.0 Å². The van der Waals surface area contributed by atoms with E-state index in [1.54, 1.807) is 28.7 Å². The van der Waals surface area contributed by atoms with E-state index in [0.29, 0.717) is 47.5 Å². The number of carbonyl (C=O) groups excluding carboxylic acids is 2. The van der Waals surface area contributed by atoms with E-state index < -0.39 is 19.1 Å². The number of imide groups is 1. The second kappa shape index (κ2) is 21.0. The highest BCUT2D eigenvalue weighted by Gasteiger charge is 2.33. The molecule has 16 nitrogen and oxygen atoms in total. The molecule has 3 aliphatic heterocycles. The van der Waals surface area contributed by atoms with Crippen molar-refractivity contribution in [2.45, 2.75) is 91.3 Å². The highest BCUT2D eigenvalue weighted by molar-refractivity contribution is 9.10. The van der Waals surface area contributed by atoms with Crippen LogP contribution in [0.4, 0.5) is 28.8 Å². The summed E-state index contributed by atoms with van der Waals surface area (Å²) in [5.74, 6) is 0.980. The van der Waals surface area contributed by atoms with Crippen LogP contribution in [0.15, 0.2) is 70.1 Å². The summed E-state index contributed by atoms with van der Waals surface area (Å²) in [6, 6.07) is 18.1. The second-order valence-electron chi connectivity index (χ2n) is 18.9. The van der Waals surface area contributed by atoms with E-state index in [0.717, 1.165) is 128 Å². The standard InChI is InChI=1S/C52H65BrN11O5P/c1-7-33-30-41(57-51-54-32-38(53)49(59-51)56-40-17-16-39-37(48(40)70(5,6)68)15-14-35(8-2)55-39)45(69-10-4)31-44(33)62-24-21-36(22-25-62)61-28-26-60(27-29-61)23-20-34-12-11-13-42-47(34)63(9-3)52(67)64(42)43-18-19-46(65)58-50(43)66/h11-17,30-32,36,43H,7-10,18-29H2,1-6H3,(H,58,65,66)(H2,54,56,57,59). The van der Waals surface area contributed by atoms with Crippen LogP contribution in [0.2, 0.25) is 0 Å². The van der Waals surface area contributed by atoms with Crippen LogP contribution < -0.4 is 36.6 Å². The molecule has 0 saturated carbocycles. The number of nitrogens with zero attached hydrogens (tertiary/aromatic N) is 8. The average Bonchev–Trinajstić information content (AvgIpc) is 3.65. The van der Waals surface area contributed by atoms with Gasteiger partial charge in [0.2, 0.25) is 17.8 Å². The molecule has 1 atom stereocenters. The number of aryl methyl sites for hydroxylation is 3. The largest absolute Gasteiger partial charge is 0.492 e. The number of halogens is 1. The van der Waals surface area contributed by atoms with E-state index in [1.807, 2.05) is 50.2 Å². The fraction of sp³-hybridized carbons (Fsp3) is 0.462. The first-order chi connectivity index (χ1) is 33.8. The number of benzene rings is 3. The Morgan fingerprint density at radius 3 is 2.34 bits per heavy atom. The number of carbonyl (C=O) groups is 2. The molecule has 9 rings (SSSR count). The van der Waals surface area contributed by atoms with Crippen LogP contribution in [0, 0.1) is 0 Å². The fourth-order valence-corrected chi connectivity index (χ4v) is 12.4. The van der Waals surface area contributed by atoms with Gasteiger partial charge in [0.05, 0.1) is 39.0 Å². The lowest BCUT2D eigenvalue weighted by Gasteiger charge is -2.43. The predicted molar refractivity (Wildman–Crippen MR) is 284 cm³/mol. The number of para-hydroxylation sites is 1. The Morgan fingerprint density at radius 2 is 1.64 bits per heavy atom. The Bertz CT molecular complexity index is 3040. The molecule has 70 heavy (non-hydrogen) atoms.